The molecule has 0 saturated carbocycles. The Morgan fingerprint density at radius 2 is 1.70 bits per heavy atom. The van der Waals surface area contributed by atoms with Crippen LogP contribution < -0.4 is 25.4 Å². The number of hydrogen-bond acceptors (Lipinski definition) is 4. The first-order chi connectivity index (χ1) is 13.0. The largest absolute Gasteiger partial charge is 0.493 e. The molecule has 0 aliphatic rings. The number of para-hydroxylation sites is 1. The highest BCUT2D eigenvalue weighted by molar-refractivity contribution is 6.10. The van der Waals surface area contributed by atoms with Crippen LogP contribution in [0.4, 0.5) is 16.2 Å². The molecule has 7 heteroatoms. The molecule has 1 unspecified atom stereocenters. The van der Waals surface area contributed by atoms with E-state index in [1.54, 1.807) is 49.6 Å². The second-order valence-electron chi connectivity index (χ2n) is 5.98. The summed E-state index contributed by atoms with van der Waals surface area (Å²) >= 11 is 0. The normalized spacial score (nSPS) is 11.3. The van der Waals surface area contributed by atoms with E-state index in [0.29, 0.717) is 28.4 Å². The van der Waals surface area contributed by atoms with Crippen LogP contribution in [0.25, 0.3) is 0 Å². The van der Waals surface area contributed by atoms with Crippen LogP contribution in [0.3, 0.4) is 0 Å². The van der Waals surface area contributed by atoms with Gasteiger partial charge in [0, 0.05) is 17.8 Å². The highest BCUT2D eigenvalue weighted by atomic mass is 16.5. The Morgan fingerprint density at radius 3 is 2.37 bits per heavy atom. The van der Waals surface area contributed by atoms with Gasteiger partial charge in [-0.05, 0) is 37.6 Å². The molecule has 1 atom stereocenters. The summed E-state index contributed by atoms with van der Waals surface area (Å²) in [7, 11) is 3.07. The van der Waals surface area contributed by atoms with E-state index in [2.05, 4.69) is 16.0 Å². The number of anilines is 2. The van der Waals surface area contributed by atoms with Crippen molar-refractivity contribution in [1.82, 2.24) is 5.32 Å². The minimum absolute atomic E-state index is 0.0396. The van der Waals surface area contributed by atoms with Crippen molar-refractivity contribution in [3.63, 3.8) is 0 Å². The van der Waals surface area contributed by atoms with Gasteiger partial charge in [0.05, 0.1) is 25.5 Å². The fourth-order valence-electron chi connectivity index (χ4n) is 2.39. The van der Waals surface area contributed by atoms with Crippen molar-refractivity contribution in [2.45, 2.75) is 26.3 Å². The van der Waals surface area contributed by atoms with E-state index in [0.717, 1.165) is 6.42 Å². The van der Waals surface area contributed by atoms with Gasteiger partial charge in [0.2, 0.25) is 0 Å². The Balaban J connectivity index is 2.16. The molecule has 0 aliphatic heterocycles. The number of methoxy groups -OCH3 is 2. The van der Waals surface area contributed by atoms with Gasteiger partial charge in [-0.1, -0.05) is 19.1 Å². The van der Waals surface area contributed by atoms with Gasteiger partial charge >= 0.3 is 6.03 Å². The topological polar surface area (TPSA) is 88.7 Å². The summed E-state index contributed by atoms with van der Waals surface area (Å²) < 4.78 is 10.4. The van der Waals surface area contributed by atoms with Gasteiger partial charge in [0.15, 0.2) is 11.5 Å². The number of nitrogens with one attached hydrogen (secondary N) is 3. The number of rotatable bonds is 7. The van der Waals surface area contributed by atoms with Gasteiger partial charge in [0.25, 0.3) is 5.91 Å². The smallest absolute Gasteiger partial charge is 0.319 e. The van der Waals surface area contributed by atoms with E-state index in [4.69, 9.17) is 9.47 Å². The lowest BCUT2D eigenvalue weighted by molar-refractivity contribution is 0.102. The molecule has 0 saturated heterocycles. The average molecular weight is 371 g/mol. The van der Waals surface area contributed by atoms with E-state index >= 15 is 0 Å². The molecule has 0 heterocycles. The van der Waals surface area contributed by atoms with Gasteiger partial charge in [-0.3, -0.25) is 4.79 Å². The highest BCUT2D eigenvalue weighted by Crippen LogP contribution is 2.30. The fraction of sp³-hybridized carbons (Fsp3) is 0.300. The van der Waals surface area contributed by atoms with Gasteiger partial charge in [0.1, 0.15) is 0 Å². The second kappa shape index (κ2) is 9.47. The first kappa shape index (κ1) is 20.1. The Morgan fingerprint density at radius 1 is 1.00 bits per heavy atom. The van der Waals surface area contributed by atoms with Gasteiger partial charge < -0.3 is 25.4 Å². The summed E-state index contributed by atoms with van der Waals surface area (Å²) in [4.78, 5) is 24.8. The monoisotopic (exact) mass is 371 g/mol. The molecule has 3 N–H and O–H groups in total. The number of carbonyl (C=O) groups excluding carboxylic acids is 2. The summed E-state index contributed by atoms with van der Waals surface area (Å²) in [6.45, 7) is 3.89. The predicted molar refractivity (Wildman–Crippen MR) is 106 cm³/mol. The van der Waals surface area contributed by atoms with Gasteiger partial charge in [-0.15, -0.1) is 0 Å². The lowest BCUT2D eigenvalue weighted by atomic mass is 10.1. The lowest BCUT2D eigenvalue weighted by Crippen LogP contribution is -2.36. The van der Waals surface area contributed by atoms with Crippen LogP contribution in [0.2, 0.25) is 0 Å². The summed E-state index contributed by atoms with van der Waals surface area (Å²) in [6, 6.07) is 11.6. The number of benzene rings is 2. The maximum absolute atomic E-state index is 12.7. The minimum atomic E-state index is -0.351. The predicted octanol–water partition coefficient (Wildman–Crippen LogP) is 3.88. The number of urea groups is 1. The molecule has 0 radical (unpaired) electrons. The molecular weight excluding hydrogens is 346 g/mol. The highest BCUT2D eigenvalue weighted by Gasteiger charge is 2.15. The van der Waals surface area contributed by atoms with Gasteiger partial charge in [-0.2, -0.15) is 0 Å². The lowest BCUT2D eigenvalue weighted by Gasteiger charge is -2.15. The molecule has 2 rings (SSSR count). The van der Waals surface area contributed by atoms with Crippen LogP contribution >= 0.6 is 0 Å². The molecule has 27 heavy (non-hydrogen) atoms. The standard InChI is InChI=1S/C20H25N3O4/c1-5-13(2)21-20(25)23-16-9-7-6-8-15(16)19(24)22-14-10-11-17(26-3)18(12-14)27-4/h6-13H,5H2,1-4H3,(H,22,24)(H2,21,23,25). The van der Waals surface area contributed by atoms with E-state index in [-0.39, 0.29) is 18.0 Å². The van der Waals surface area contributed by atoms with E-state index in [1.807, 2.05) is 13.8 Å². The zero-order valence-corrected chi connectivity index (χ0v) is 16.0. The van der Waals surface area contributed by atoms with Crippen molar-refractivity contribution in [2.75, 3.05) is 24.9 Å². The molecular formula is C20H25N3O4. The summed E-state index contributed by atoms with van der Waals surface area (Å²) in [6.07, 6.45) is 0.814. The molecule has 3 amide bonds. The molecule has 2 aromatic carbocycles. The molecule has 0 fully saturated rings. The Bertz CT molecular complexity index is 808. The first-order valence-electron chi connectivity index (χ1n) is 8.68. The SMILES string of the molecule is CCC(C)NC(=O)Nc1ccccc1C(=O)Nc1ccc(OC)c(OC)c1. The van der Waals surface area contributed by atoms with Crippen molar-refractivity contribution >= 4 is 23.3 Å². The maximum Gasteiger partial charge on any atom is 0.319 e. The fourth-order valence-corrected chi connectivity index (χ4v) is 2.39. The van der Waals surface area contributed by atoms with Crippen molar-refractivity contribution in [1.29, 1.82) is 0 Å². The summed E-state index contributed by atoms with van der Waals surface area (Å²) in [5.74, 6) is 0.732. The first-order valence-corrected chi connectivity index (χ1v) is 8.68. The zero-order chi connectivity index (χ0) is 19.8. The zero-order valence-electron chi connectivity index (χ0n) is 16.0. The molecule has 0 bridgehead atoms. The molecule has 2 aromatic rings. The van der Waals surface area contributed by atoms with Gasteiger partial charge in [-0.25, -0.2) is 4.79 Å². The van der Waals surface area contributed by atoms with Crippen molar-refractivity contribution < 1.29 is 19.1 Å². The third-order valence-electron chi connectivity index (χ3n) is 4.05. The van der Waals surface area contributed by atoms with Crippen molar-refractivity contribution in [2.24, 2.45) is 0 Å². The third-order valence-corrected chi connectivity index (χ3v) is 4.05. The summed E-state index contributed by atoms with van der Waals surface area (Å²) in [5, 5.41) is 8.34. The third kappa shape index (κ3) is 5.37. The van der Waals surface area contributed by atoms with Crippen molar-refractivity contribution in [3.8, 4) is 11.5 Å². The Labute approximate surface area is 159 Å². The molecule has 7 nitrogen and oxygen atoms in total. The second-order valence-corrected chi connectivity index (χ2v) is 5.98. The maximum atomic E-state index is 12.7. The summed E-state index contributed by atoms with van der Waals surface area (Å²) in [5.41, 5.74) is 1.33. The molecule has 0 aliphatic carbocycles. The van der Waals surface area contributed by atoms with Crippen LogP contribution in [-0.2, 0) is 0 Å². The number of hydrogen-bond donors (Lipinski definition) is 3. The number of ether oxygens (including phenoxy) is 2. The van der Waals surface area contributed by atoms with E-state index in [1.165, 1.54) is 7.11 Å². The molecule has 0 aromatic heterocycles. The quantitative estimate of drug-likeness (QED) is 0.689. The average Bonchev–Trinajstić information content (AvgIpc) is 2.67. The van der Waals surface area contributed by atoms with Crippen LogP contribution in [0.15, 0.2) is 42.5 Å². The number of carbonyl (C=O) groups is 2. The molecule has 144 valence electrons. The Kier molecular flexibility index (Phi) is 7.05. The van der Waals surface area contributed by atoms with E-state index < -0.39 is 0 Å². The number of amides is 3. The van der Waals surface area contributed by atoms with Crippen molar-refractivity contribution in [3.05, 3.63) is 48.0 Å². The van der Waals surface area contributed by atoms with Crippen LogP contribution in [-0.4, -0.2) is 32.2 Å². The van der Waals surface area contributed by atoms with Crippen LogP contribution in [0.1, 0.15) is 30.6 Å². The van der Waals surface area contributed by atoms with E-state index in [9.17, 15) is 9.59 Å². The van der Waals surface area contributed by atoms with Crippen LogP contribution in [0, 0.1) is 0 Å². The van der Waals surface area contributed by atoms with Crippen LogP contribution in [0.5, 0.6) is 11.5 Å². The Hall–Kier alpha value is -3.22. The minimum Gasteiger partial charge on any atom is -0.493 e. The molecule has 0 spiro atoms.